The number of urea groups is 1. The largest absolute Gasteiger partial charge is 0.480 e. The third kappa shape index (κ3) is 4.33. The average molecular weight is 318 g/mol. The fraction of sp³-hybridized carbons (Fsp3) is 0.846. The van der Waals surface area contributed by atoms with Gasteiger partial charge in [0, 0.05) is 13.1 Å². The third-order valence-electron chi connectivity index (χ3n) is 4.17. The lowest BCUT2D eigenvalue weighted by atomic mass is 10.1. The monoisotopic (exact) mass is 318 g/mol. The predicted molar refractivity (Wildman–Crippen MR) is 76.8 cm³/mol. The van der Waals surface area contributed by atoms with Gasteiger partial charge in [0.1, 0.15) is 6.04 Å². The van der Waals surface area contributed by atoms with Gasteiger partial charge in [0.2, 0.25) is 0 Å². The summed E-state index contributed by atoms with van der Waals surface area (Å²) in [7, 11) is -2.96. The first kappa shape index (κ1) is 16.1. The van der Waals surface area contributed by atoms with E-state index in [0.29, 0.717) is 25.9 Å². The van der Waals surface area contributed by atoms with Crippen LogP contribution >= 0.6 is 0 Å². The number of amides is 2. The molecule has 8 heteroatoms. The number of rotatable bonds is 3. The van der Waals surface area contributed by atoms with Crippen LogP contribution < -0.4 is 5.32 Å². The van der Waals surface area contributed by atoms with Crippen LogP contribution in [0.15, 0.2) is 0 Å². The molecule has 2 aliphatic rings. The molecular formula is C13H22N2O5S. The molecule has 2 saturated heterocycles. The Morgan fingerprint density at radius 2 is 1.95 bits per heavy atom. The SMILES string of the molecule is O=C(O)C1CCCCCN1C(=O)NCC1CCS(=O)(=O)C1. The number of sulfone groups is 1. The lowest BCUT2D eigenvalue weighted by Crippen LogP contribution is -2.50. The second-order valence-corrected chi connectivity index (χ2v) is 8.08. The van der Waals surface area contributed by atoms with Gasteiger partial charge < -0.3 is 15.3 Å². The summed E-state index contributed by atoms with van der Waals surface area (Å²) in [5, 5.41) is 11.9. The van der Waals surface area contributed by atoms with Gasteiger partial charge >= 0.3 is 12.0 Å². The Morgan fingerprint density at radius 3 is 2.57 bits per heavy atom. The summed E-state index contributed by atoms with van der Waals surface area (Å²) in [5.74, 6) is -0.755. The molecule has 2 heterocycles. The van der Waals surface area contributed by atoms with Crippen LogP contribution in [0.25, 0.3) is 0 Å². The molecule has 0 aliphatic carbocycles. The number of carbonyl (C=O) groups is 2. The van der Waals surface area contributed by atoms with E-state index >= 15 is 0 Å². The molecule has 2 aliphatic heterocycles. The normalized spacial score (nSPS) is 28.9. The summed E-state index contributed by atoms with van der Waals surface area (Å²) in [6.07, 6.45) is 3.57. The number of hydrogen-bond acceptors (Lipinski definition) is 4. The zero-order valence-electron chi connectivity index (χ0n) is 12.0. The van der Waals surface area contributed by atoms with E-state index in [1.165, 1.54) is 4.90 Å². The van der Waals surface area contributed by atoms with Crippen LogP contribution in [0.2, 0.25) is 0 Å². The van der Waals surface area contributed by atoms with E-state index < -0.39 is 27.9 Å². The predicted octanol–water partition coefficient (Wildman–Crippen LogP) is 0.460. The Kier molecular flexibility index (Phi) is 5.08. The first-order chi connectivity index (χ1) is 9.89. The highest BCUT2D eigenvalue weighted by molar-refractivity contribution is 7.91. The Morgan fingerprint density at radius 1 is 1.19 bits per heavy atom. The summed E-state index contributed by atoms with van der Waals surface area (Å²) in [6, 6.07) is -1.17. The van der Waals surface area contributed by atoms with Gasteiger partial charge in [0.25, 0.3) is 0 Å². The zero-order valence-corrected chi connectivity index (χ0v) is 12.8. The molecular weight excluding hydrogens is 296 g/mol. The Balaban J connectivity index is 1.90. The molecule has 2 N–H and O–H groups in total. The van der Waals surface area contributed by atoms with Crippen molar-refractivity contribution >= 4 is 21.8 Å². The molecule has 7 nitrogen and oxygen atoms in total. The topological polar surface area (TPSA) is 104 Å². The molecule has 0 aromatic rings. The van der Waals surface area contributed by atoms with Gasteiger partial charge in [0.05, 0.1) is 11.5 Å². The summed E-state index contributed by atoms with van der Waals surface area (Å²) in [6.45, 7) is 0.729. The molecule has 120 valence electrons. The van der Waals surface area contributed by atoms with Gasteiger partial charge in [-0.05, 0) is 25.2 Å². The van der Waals surface area contributed by atoms with Crippen LogP contribution in [0.1, 0.15) is 32.1 Å². The molecule has 2 fully saturated rings. The van der Waals surface area contributed by atoms with E-state index in [9.17, 15) is 23.1 Å². The number of likely N-dealkylation sites (tertiary alicyclic amines) is 1. The van der Waals surface area contributed by atoms with Crippen molar-refractivity contribution in [1.29, 1.82) is 0 Å². The minimum absolute atomic E-state index is 0.0609. The highest BCUT2D eigenvalue weighted by Crippen LogP contribution is 2.19. The highest BCUT2D eigenvalue weighted by Gasteiger charge is 2.32. The second kappa shape index (κ2) is 6.64. The smallest absolute Gasteiger partial charge is 0.326 e. The Labute approximate surface area is 124 Å². The van der Waals surface area contributed by atoms with Gasteiger partial charge in [-0.2, -0.15) is 0 Å². The van der Waals surface area contributed by atoms with Crippen molar-refractivity contribution in [3.8, 4) is 0 Å². The summed E-state index contributed by atoms with van der Waals surface area (Å²) in [4.78, 5) is 24.8. The van der Waals surface area contributed by atoms with Crippen molar-refractivity contribution in [3.05, 3.63) is 0 Å². The minimum Gasteiger partial charge on any atom is -0.480 e. The molecule has 0 aromatic carbocycles. The summed E-state index contributed by atoms with van der Waals surface area (Å²) < 4.78 is 22.7. The van der Waals surface area contributed by atoms with Crippen molar-refractivity contribution in [2.75, 3.05) is 24.6 Å². The first-order valence-corrected chi connectivity index (χ1v) is 9.19. The van der Waals surface area contributed by atoms with Crippen LogP contribution in [0.5, 0.6) is 0 Å². The molecule has 0 radical (unpaired) electrons. The minimum atomic E-state index is -2.96. The van der Waals surface area contributed by atoms with Gasteiger partial charge in [-0.15, -0.1) is 0 Å². The molecule has 21 heavy (non-hydrogen) atoms. The van der Waals surface area contributed by atoms with Crippen molar-refractivity contribution in [3.63, 3.8) is 0 Å². The second-order valence-electron chi connectivity index (χ2n) is 5.85. The maximum atomic E-state index is 12.2. The number of hydrogen-bond donors (Lipinski definition) is 2. The lowest BCUT2D eigenvalue weighted by Gasteiger charge is -2.27. The Hall–Kier alpha value is -1.31. The van der Waals surface area contributed by atoms with E-state index in [2.05, 4.69) is 5.32 Å². The van der Waals surface area contributed by atoms with E-state index in [1.54, 1.807) is 0 Å². The number of nitrogens with zero attached hydrogens (tertiary/aromatic N) is 1. The number of carboxylic acids is 1. The van der Waals surface area contributed by atoms with Crippen molar-refractivity contribution < 1.29 is 23.1 Å². The van der Waals surface area contributed by atoms with Crippen LogP contribution in [-0.2, 0) is 14.6 Å². The fourth-order valence-corrected chi connectivity index (χ4v) is 4.84. The highest BCUT2D eigenvalue weighted by atomic mass is 32.2. The number of nitrogens with one attached hydrogen (secondary N) is 1. The molecule has 0 saturated carbocycles. The van der Waals surface area contributed by atoms with Crippen molar-refractivity contribution in [2.24, 2.45) is 5.92 Å². The maximum Gasteiger partial charge on any atom is 0.326 e. The van der Waals surface area contributed by atoms with Crippen LogP contribution in [0, 0.1) is 5.92 Å². The van der Waals surface area contributed by atoms with Gasteiger partial charge in [-0.25, -0.2) is 18.0 Å². The van der Waals surface area contributed by atoms with Crippen molar-refractivity contribution in [2.45, 2.75) is 38.1 Å². The van der Waals surface area contributed by atoms with E-state index in [-0.39, 0.29) is 17.4 Å². The molecule has 2 amide bonds. The number of aliphatic carboxylic acids is 1. The van der Waals surface area contributed by atoms with E-state index in [0.717, 1.165) is 19.3 Å². The van der Waals surface area contributed by atoms with Crippen molar-refractivity contribution in [1.82, 2.24) is 10.2 Å². The molecule has 0 bridgehead atoms. The summed E-state index contributed by atoms with van der Waals surface area (Å²) in [5.41, 5.74) is 0. The van der Waals surface area contributed by atoms with Gasteiger partial charge in [0.15, 0.2) is 9.84 Å². The van der Waals surface area contributed by atoms with Gasteiger partial charge in [-0.1, -0.05) is 12.8 Å². The number of carboxylic acid groups (broad SMARTS) is 1. The zero-order chi connectivity index (χ0) is 15.5. The summed E-state index contributed by atoms with van der Waals surface area (Å²) >= 11 is 0. The van der Waals surface area contributed by atoms with Crippen LogP contribution in [0.4, 0.5) is 4.79 Å². The standard InChI is InChI=1S/C13H22N2O5S/c16-12(17)11-4-2-1-3-6-15(11)13(18)14-8-10-5-7-21(19,20)9-10/h10-11H,1-9H2,(H,14,18)(H,16,17). The van der Waals surface area contributed by atoms with Gasteiger partial charge in [-0.3, -0.25) is 0 Å². The molecule has 2 rings (SSSR count). The molecule has 2 atom stereocenters. The maximum absolute atomic E-state index is 12.2. The quantitative estimate of drug-likeness (QED) is 0.787. The molecule has 0 spiro atoms. The molecule has 2 unspecified atom stereocenters. The average Bonchev–Trinajstić information content (AvgIpc) is 2.64. The first-order valence-electron chi connectivity index (χ1n) is 7.37. The Bertz CT molecular complexity index is 505. The number of carbonyl (C=O) groups excluding carboxylic acids is 1. The lowest BCUT2D eigenvalue weighted by molar-refractivity contribution is -0.142. The van der Waals surface area contributed by atoms with E-state index in [1.807, 2.05) is 0 Å². The van der Waals surface area contributed by atoms with E-state index in [4.69, 9.17) is 0 Å². The van der Waals surface area contributed by atoms with Crippen LogP contribution in [0.3, 0.4) is 0 Å². The fourth-order valence-electron chi connectivity index (χ4n) is 2.97. The third-order valence-corrected chi connectivity index (χ3v) is 6.00. The van der Waals surface area contributed by atoms with Crippen LogP contribution in [-0.4, -0.2) is 61.1 Å². The molecule has 0 aromatic heterocycles.